The van der Waals surface area contributed by atoms with E-state index in [-0.39, 0.29) is 13.0 Å². The summed E-state index contributed by atoms with van der Waals surface area (Å²) in [5.41, 5.74) is 0.914. The van der Waals surface area contributed by atoms with Crippen LogP contribution < -0.4 is 10.2 Å². The second-order valence-electron chi connectivity index (χ2n) is 6.29. The van der Waals surface area contributed by atoms with E-state index in [1.54, 1.807) is 47.4 Å². The van der Waals surface area contributed by atoms with Crippen LogP contribution in [0.25, 0.3) is 5.69 Å². The number of carbonyl (C=O) groups excluding carboxylic acids is 3. The molecule has 2 heterocycles. The molecule has 1 unspecified atom stereocenters. The number of likely N-dealkylation sites (N-methyl/N-ethyl adjacent to an activating group) is 1. The van der Waals surface area contributed by atoms with E-state index in [9.17, 15) is 19.2 Å². The third-order valence-corrected chi connectivity index (χ3v) is 4.28. The first-order chi connectivity index (χ1) is 13.9. The SMILES string of the molecule is CN1C=CC(=O)C(N(C(=O)NCCC(=O)O)c2cccc(-n3cccn3)c2)C1=O. The van der Waals surface area contributed by atoms with Crippen LogP contribution in [0.5, 0.6) is 0 Å². The highest BCUT2D eigenvalue weighted by Crippen LogP contribution is 2.24. The van der Waals surface area contributed by atoms with Gasteiger partial charge in [-0.1, -0.05) is 6.07 Å². The molecule has 0 saturated carbocycles. The molecule has 150 valence electrons. The Bertz CT molecular complexity index is 969. The Morgan fingerprint density at radius 3 is 2.76 bits per heavy atom. The van der Waals surface area contributed by atoms with Crippen molar-refractivity contribution in [2.45, 2.75) is 12.5 Å². The largest absolute Gasteiger partial charge is 0.481 e. The molecule has 0 radical (unpaired) electrons. The molecule has 1 aliphatic heterocycles. The van der Waals surface area contributed by atoms with Crippen LogP contribution in [-0.4, -0.2) is 63.1 Å². The number of hydrogen-bond donors (Lipinski definition) is 2. The van der Waals surface area contributed by atoms with Crippen molar-refractivity contribution >= 4 is 29.4 Å². The Morgan fingerprint density at radius 2 is 2.07 bits per heavy atom. The minimum atomic E-state index is -1.40. The van der Waals surface area contributed by atoms with E-state index in [1.165, 1.54) is 24.2 Å². The van der Waals surface area contributed by atoms with Gasteiger partial charge in [0.25, 0.3) is 5.91 Å². The van der Waals surface area contributed by atoms with Gasteiger partial charge in [0, 0.05) is 43.9 Å². The van der Waals surface area contributed by atoms with Crippen LogP contribution >= 0.6 is 0 Å². The van der Waals surface area contributed by atoms with Crippen molar-refractivity contribution in [2.24, 2.45) is 0 Å². The monoisotopic (exact) mass is 397 g/mol. The van der Waals surface area contributed by atoms with Crippen LogP contribution in [0.2, 0.25) is 0 Å². The van der Waals surface area contributed by atoms with Crippen molar-refractivity contribution in [2.75, 3.05) is 18.5 Å². The van der Waals surface area contributed by atoms with Crippen LogP contribution in [0.15, 0.2) is 55.0 Å². The Hall–Kier alpha value is -3.95. The molecular formula is C19H19N5O5. The third kappa shape index (κ3) is 4.32. The van der Waals surface area contributed by atoms with Crippen LogP contribution in [0.4, 0.5) is 10.5 Å². The highest BCUT2D eigenvalue weighted by Gasteiger charge is 2.39. The molecule has 1 aromatic heterocycles. The lowest BCUT2D eigenvalue weighted by Crippen LogP contribution is -2.57. The van der Waals surface area contributed by atoms with Gasteiger partial charge in [-0.05, 0) is 24.3 Å². The van der Waals surface area contributed by atoms with Gasteiger partial charge in [0.1, 0.15) is 0 Å². The topological polar surface area (TPSA) is 125 Å². The molecular weight excluding hydrogens is 378 g/mol. The number of amides is 3. The van der Waals surface area contributed by atoms with Crippen LogP contribution in [0.3, 0.4) is 0 Å². The average Bonchev–Trinajstić information content (AvgIpc) is 3.23. The van der Waals surface area contributed by atoms with E-state index >= 15 is 0 Å². The summed E-state index contributed by atoms with van der Waals surface area (Å²) in [5, 5.41) is 15.4. The number of benzene rings is 1. The number of carboxylic acids is 1. The molecule has 1 atom stereocenters. The lowest BCUT2D eigenvalue weighted by molar-refractivity contribution is -0.137. The van der Waals surface area contributed by atoms with Crippen molar-refractivity contribution in [3.05, 3.63) is 55.0 Å². The first kappa shape index (κ1) is 19.8. The molecule has 0 fully saturated rings. The summed E-state index contributed by atoms with van der Waals surface area (Å²) in [6, 6.07) is 6.21. The number of nitrogens with zero attached hydrogens (tertiary/aromatic N) is 4. The molecule has 0 aliphatic carbocycles. The van der Waals surface area contributed by atoms with Crippen LogP contribution in [-0.2, 0) is 14.4 Å². The number of ketones is 1. The quantitative estimate of drug-likeness (QED) is 0.694. The molecule has 10 heteroatoms. The minimum absolute atomic E-state index is 0.149. The molecule has 2 aromatic rings. The molecule has 29 heavy (non-hydrogen) atoms. The van der Waals surface area contributed by atoms with Gasteiger partial charge >= 0.3 is 12.0 Å². The van der Waals surface area contributed by atoms with E-state index in [0.29, 0.717) is 11.4 Å². The Kier molecular flexibility index (Phi) is 5.72. The fourth-order valence-electron chi connectivity index (χ4n) is 2.85. The van der Waals surface area contributed by atoms with Crippen molar-refractivity contribution in [1.29, 1.82) is 0 Å². The summed E-state index contributed by atoms with van der Waals surface area (Å²) in [4.78, 5) is 51.1. The fourth-order valence-corrected chi connectivity index (χ4v) is 2.85. The van der Waals surface area contributed by atoms with Gasteiger partial charge in [-0.2, -0.15) is 5.10 Å². The first-order valence-corrected chi connectivity index (χ1v) is 8.76. The van der Waals surface area contributed by atoms with E-state index in [1.807, 2.05) is 0 Å². The molecule has 3 amide bonds. The molecule has 0 bridgehead atoms. The zero-order valence-corrected chi connectivity index (χ0v) is 15.6. The minimum Gasteiger partial charge on any atom is -0.481 e. The summed E-state index contributed by atoms with van der Waals surface area (Å²) in [7, 11) is 1.49. The number of hydrogen-bond acceptors (Lipinski definition) is 5. The Labute approximate surface area is 166 Å². The predicted octanol–water partition coefficient (Wildman–Crippen LogP) is 0.786. The van der Waals surface area contributed by atoms with Crippen molar-refractivity contribution in [3.8, 4) is 5.69 Å². The first-order valence-electron chi connectivity index (χ1n) is 8.76. The fraction of sp³-hybridized carbons (Fsp3) is 0.211. The molecule has 1 aliphatic rings. The maximum Gasteiger partial charge on any atom is 0.323 e. The van der Waals surface area contributed by atoms with Crippen molar-refractivity contribution < 1.29 is 24.3 Å². The normalized spacial score (nSPS) is 16.0. The standard InChI is InChI=1S/C19H19N5O5/c1-22-11-7-15(25)17(18(22)28)24(19(29)20-9-6-16(26)27)14-5-2-4-13(12-14)23-10-3-8-21-23/h2-5,7-8,10-12,17H,6,9H2,1H3,(H,20,29)(H,26,27). The number of carboxylic acid groups (broad SMARTS) is 1. The summed E-state index contributed by atoms with van der Waals surface area (Å²) in [6.45, 7) is -0.149. The molecule has 0 saturated heterocycles. The number of rotatable bonds is 6. The zero-order valence-electron chi connectivity index (χ0n) is 15.6. The van der Waals surface area contributed by atoms with Crippen LogP contribution in [0.1, 0.15) is 6.42 Å². The lowest BCUT2D eigenvalue weighted by atomic mass is 10.1. The van der Waals surface area contributed by atoms with Gasteiger partial charge < -0.3 is 15.3 Å². The number of carbonyl (C=O) groups is 4. The van der Waals surface area contributed by atoms with Gasteiger partial charge in [-0.3, -0.25) is 19.3 Å². The third-order valence-electron chi connectivity index (χ3n) is 4.28. The average molecular weight is 397 g/mol. The summed E-state index contributed by atoms with van der Waals surface area (Å²) in [5.74, 6) is -2.20. The summed E-state index contributed by atoms with van der Waals surface area (Å²) in [6.07, 6.45) is 5.57. The number of nitrogens with one attached hydrogen (secondary N) is 1. The van der Waals surface area contributed by atoms with Gasteiger partial charge in [0.05, 0.1) is 12.1 Å². The van der Waals surface area contributed by atoms with Gasteiger partial charge in [-0.25, -0.2) is 9.48 Å². The number of aliphatic carboxylic acids is 1. The van der Waals surface area contributed by atoms with Gasteiger partial charge in [0.2, 0.25) is 0 Å². The van der Waals surface area contributed by atoms with E-state index in [4.69, 9.17) is 5.11 Å². The second kappa shape index (κ2) is 8.38. The maximum absolute atomic E-state index is 12.9. The van der Waals surface area contributed by atoms with E-state index in [2.05, 4.69) is 10.4 Å². The van der Waals surface area contributed by atoms with E-state index < -0.39 is 29.7 Å². The molecule has 3 rings (SSSR count). The smallest absolute Gasteiger partial charge is 0.323 e. The molecule has 10 nitrogen and oxygen atoms in total. The lowest BCUT2D eigenvalue weighted by Gasteiger charge is -2.33. The number of anilines is 1. The number of aromatic nitrogens is 2. The van der Waals surface area contributed by atoms with Crippen LogP contribution in [0, 0.1) is 0 Å². The summed E-state index contributed by atoms with van der Waals surface area (Å²) >= 11 is 0. The molecule has 0 spiro atoms. The number of urea groups is 1. The molecule has 2 N–H and O–H groups in total. The van der Waals surface area contributed by atoms with E-state index in [0.717, 1.165) is 4.90 Å². The molecule has 1 aromatic carbocycles. The van der Waals surface area contributed by atoms with Crippen molar-refractivity contribution in [3.63, 3.8) is 0 Å². The summed E-state index contributed by atoms with van der Waals surface area (Å²) < 4.78 is 1.57. The highest BCUT2D eigenvalue weighted by atomic mass is 16.4. The highest BCUT2D eigenvalue weighted by molar-refractivity contribution is 6.19. The predicted molar refractivity (Wildman–Crippen MR) is 102 cm³/mol. The second-order valence-corrected chi connectivity index (χ2v) is 6.29. The van der Waals surface area contributed by atoms with Gasteiger partial charge in [0.15, 0.2) is 11.8 Å². The maximum atomic E-state index is 12.9. The Balaban J connectivity index is 1.99. The zero-order chi connectivity index (χ0) is 21.0. The van der Waals surface area contributed by atoms with Crippen molar-refractivity contribution in [1.82, 2.24) is 20.0 Å². The van der Waals surface area contributed by atoms with Gasteiger partial charge in [-0.15, -0.1) is 0 Å². The Morgan fingerprint density at radius 1 is 1.28 bits per heavy atom.